The molecule has 0 aliphatic rings. The number of furan rings is 2. The summed E-state index contributed by atoms with van der Waals surface area (Å²) >= 11 is 0. The van der Waals surface area contributed by atoms with Gasteiger partial charge < -0.3 is 8.83 Å². The minimum Gasteiger partial charge on any atom is -0.456 e. The van der Waals surface area contributed by atoms with Crippen LogP contribution in [0.2, 0.25) is 0 Å². The molecule has 3 heterocycles. The zero-order valence-electron chi connectivity index (χ0n) is 25.8. The number of fused-ring (bicyclic) bond motifs is 6. The smallest absolute Gasteiger partial charge is 0.216 e. The van der Waals surface area contributed by atoms with Crippen LogP contribution in [0.15, 0.2) is 93.9 Å². The number of aryl methyl sites for hydroxylation is 4. The van der Waals surface area contributed by atoms with Gasteiger partial charge in [0.2, 0.25) is 5.69 Å². The molecule has 3 nitrogen and oxygen atoms in total. The zero-order valence-corrected chi connectivity index (χ0v) is 19.8. The van der Waals surface area contributed by atoms with Gasteiger partial charge >= 0.3 is 0 Å². The van der Waals surface area contributed by atoms with E-state index >= 15 is 0 Å². The van der Waals surface area contributed by atoms with E-state index in [2.05, 4.69) is 12.1 Å². The first-order valence-electron chi connectivity index (χ1n) is 14.8. The molecule has 174 valence electrons. The van der Waals surface area contributed by atoms with Crippen LogP contribution in [0.1, 0.15) is 24.9 Å². The quantitative estimate of drug-likeness (QED) is 0.235. The highest BCUT2D eigenvalue weighted by molar-refractivity contribution is 6.18. The molecular weight excluding hydrogens is 442 g/mol. The molecule has 0 amide bonds. The van der Waals surface area contributed by atoms with Crippen molar-refractivity contribution in [2.75, 3.05) is 0 Å². The first kappa shape index (κ1) is 15.6. The predicted molar refractivity (Wildman–Crippen MR) is 147 cm³/mol. The van der Waals surface area contributed by atoms with Gasteiger partial charge in [0.05, 0.1) is 5.56 Å². The molecule has 0 unspecified atom stereocenters. The molecule has 0 aliphatic heterocycles. The van der Waals surface area contributed by atoms with E-state index in [4.69, 9.17) is 17.1 Å². The number of para-hydroxylation sites is 2. The predicted octanol–water partition coefficient (Wildman–Crippen LogP) is 8.57. The van der Waals surface area contributed by atoms with Crippen LogP contribution >= 0.6 is 0 Å². The fourth-order valence-corrected chi connectivity index (χ4v) is 5.39. The number of hydrogen-bond donors (Lipinski definition) is 0. The Morgan fingerprint density at radius 1 is 0.667 bits per heavy atom. The van der Waals surface area contributed by atoms with E-state index in [1.807, 2.05) is 67.6 Å². The van der Waals surface area contributed by atoms with Crippen molar-refractivity contribution in [3.63, 3.8) is 0 Å². The van der Waals surface area contributed by atoms with Crippen LogP contribution < -0.4 is 4.57 Å². The molecule has 0 bridgehead atoms. The Morgan fingerprint density at radius 2 is 1.42 bits per heavy atom. The minimum atomic E-state index is -2.61. The molecule has 0 radical (unpaired) electrons. The maximum absolute atomic E-state index is 8.10. The van der Waals surface area contributed by atoms with Crippen molar-refractivity contribution < 1.29 is 21.6 Å². The fraction of sp³-hybridized carbons (Fsp3) is 0.121. The highest BCUT2D eigenvalue weighted by atomic mass is 16.3. The van der Waals surface area contributed by atoms with E-state index in [-0.39, 0.29) is 11.1 Å². The molecule has 0 fully saturated rings. The number of aromatic nitrogens is 1. The molecule has 4 aromatic carbocycles. The minimum absolute atomic E-state index is 0.189. The van der Waals surface area contributed by atoms with Gasteiger partial charge in [-0.3, -0.25) is 0 Å². The number of benzene rings is 4. The first-order valence-corrected chi connectivity index (χ1v) is 11.8. The maximum atomic E-state index is 8.10. The van der Waals surface area contributed by atoms with Crippen LogP contribution in [0.5, 0.6) is 0 Å². The van der Waals surface area contributed by atoms with Gasteiger partial charge in [0.25, 0.3) is 0 Å². The van der Waals surface area contributed by atoms with Crippen LogP contribution in [-0.2, 0) is 7.05 Å². The SMILES string of the molecule is [2H]C([2H])([2H])c1cc(-c2c(C)ccc3c2oc2c(-c4cccc5oc6ccccc6c45)cccc23)[n+](C)cc1C([2H])([2H])[2H]. The van der Waals surface area contributed by atoms with Gasteiger partial charge in [-0.05, 0) is 49.5 Å². The molecule has 0 N–H and O–H groups in total. The Balaban J connectivity index is 1.54. The van der Waals surface area contributed by atoms with Crippen molar-refractivity contribution >= 4 is 43.9 Å². The van der Waals surface area contributed by atoms with Crippen LogP contribution in [0.25, 0.3) is 66.3 Å². The molecule has 0 atom stereocenters. The summed E-state index contributed by atoms with van der Waals surface area (Å²) in [6.07, 6.45) is 1.40. The molecule has 7 rings (SSSR count). The molecule has 0 aliphatic carbocycles. The average molecular weight is 475 g/mol. The van der Waals surface area contributed by atoms with Gasteiger partial charge in [-0.1, -0.05) is 60.7 Å². The molecule has 3 aromatic heterocycles. The summed E-state index contributed by atoms with van der Waals surface area (Å²) in [5.74, 6) is 0. The Labute approximate surface area is 217 Å². The highest BCUT2D eigenvalue weighted by Gasteiger charge is 2.23. The summed E-state index contributed by atoms with van der Waals surface area (Å²) < 4.78 is 62.7. The van der Waals surface area contributed by atoms with E-state index in [1.54, 1.807) is 11.6 Å². The molecule has 3 heteroatoms. The van der Waals surface area contributed by atoms with Crippen LogP contribution in [-0.4, -0.2) is 0 Å². The van der Waals surface area contributed by atoms with Crippen molar-refractivity contribution in [3.8, 4) is 22.4 Å². The second-order valence-electron chi connectivity index (χ2n) is 9.29. The van der Waals surface area contributed by atoms with Crippen molar-refractivity contribution in [2.24, 2.45) is 7.05 Å². The van der Waals surface area contributed by atoms with Crippen molar-refractivity contribution in [1.29, 1.82) is 0 Å². The molecule has 0 spiro atoms. The average Bonchev–Trinajstić information content (AvgIpc) is 3.50. The third kappa shape index (κ3) is 2.89. The lowest BCUT2D eigenvalue weighted by molar-refractivity contribution is -0.660. The number of rotatable bonds is 2. The number of pyridine rings is 1. The highest BCUT2D eigenvalue weighted by Crippen LogP contribution is 2.43. The summed E-state index contributed by atoms with van der Waals surface area (Å²) in [7, 11) is 1.73. The second-order valence-corrected chi connectivity index (χ2v) is 9.29. The van der Waals surface area contributed by atoms with E-state index in [0.717, 1.165) is 49.4 Å². The van der Waals surface area contributed by atoms with Gasteiger partial charge in [-0.15, -0.1) is 0 Å². The van der Waals surface area contributed by atoms with E-state index in [0.29, 0.717) is 22.4 Å². The van der Waals surface area contributed by atoms with Gasteiger partial charge in [0.1, 0.15) is 29.4 Å². The lowest BCUT2D eigenvalue weighted by Gasteiger charge is -2.07. The largest absolute Gasteiger partial charge is 0.456 e. The van der Waals surface area contributed by atoms with E-state index in [9.17, 15) is 0 Å². The summed E-state index contributed by atoms with van der Waals surface area (Å²) in [4.78, 5) is 0. The third-order valence-electron chi connectivity index (χ3n) is 7.10. The Hall–Kier alpha value is -4.37. The summed E-state index contributed by atoms with van der Waals surface area (Å²) in [5.41, 5.74) is 6.57. The topological polar surface area (TPSA) is 30.2 Å². The van der Waals surface area contributed by atoms with E-state index in [1.165, 1.54) is 12.3 Å². The van der Waals surface area contributed by atoms with Gasteiger partial charge in [0.15, 0.2) is 6.20 Å². The lowest BCUT2D eigenvalue weighted by atomic mass is 9.96. The van der Waals surface area contributed by atoms with Gasteiger partial charge in [-0.25, -0.2) is 4.57 Å². The maximum Gasteiger partial charge on any atom is 0.216 e. The number of hydrogen-bond acceptors (Lipinski definition) is 2. The zero-order chi connectivity index (χ0) is 29.6. The van der Waals surface area contributed by atoms with Crippen LogP contribution in [0.4, 0.5) is 0 Å². The Morgan fingerprint density at radius 3 is 2.31 bits per heavy atom. The molecule has 0 saturated heterocycles. The Kier molecular flexibility index (Phi) is 3.27. The second kappa shape index (κ2) is 7.56. The number of nitrogens with zero attached hydrogens (tertiary/aromatic N) is 1. The molecule has 0 saturated carbocycles. The standard InChI is InChI=1S/C33H26NO2/c1-19-15-16-25-24-12-7-11-23(22-10-8-14-29-31(22)26-9-5-6-13-28(26)35-29)32(24)36-33(25)30(19)27-17-20(2)21(3)18-34(27)4/h5-18H,1-4H3/q+1/i2D3,3D3. The van der Waals surface area contributed by atoms with Crippen LogP contribution in [0, 0.1) is 20.6 Å². The first-order chi connectivity index (χ1) is 19.9. The van der Waals surface area contributed by atoms with Crippen molar-refractivity contribution in [1.82, 2.24) is 0 Å². The molecule has 7 aromatic rings. The third-order valence-corrected chi connectivity index (χ3v) is 7.10. The Bertz CT molecular complexity index is 2200. The monoisotopic (exact) mass is 474 g/mol. The summed E-state index contributed by atoms with van der Waals surface area (Å²) in [6, 6.07) is 25.5. The van der Waals surface area contributed by atoms with Gasteiger partial charge in [-0.2, -0.15) is 0 Å². The molecule has 36 heavy (non-hydrogen) atoms. The van der Waals surface area contributed by atoms with E-state index < -0.39 is 13.7 Å². The fourth-order valence-electron chi connectivity index (χ4n) is 5.39. The lowest BCUT2D eigenvalue weighted by Crippen LogP contribution is -2.31. The van der Waals surface area contributed by atoms with Crippen molar-refractivity contribution in [2.45, 2.75) is 20.6 Å². The molecular formula is C33H26NO2+. The van der Waals surface area contributed by atoms with Crippen LogP contribution in [0.3, 0.4) is 0 Å². The normalized spacial score (nSPS) is 15.1. The summed E-state index contributed by atoms with van der Waals surface area (Å²) in [6.45, 7) is -3.25. The van der Waals surface area contributed by atoms with Gasteiger partial charge in [0, 0.05) is 47.0 Å². The van der Waals surface area contributed by atoms with Crippen molar-refractivity contribution in [3.05, 3.63) is 102 Å². The summed E-state index contributed by atoms with van der Waals surface area (Å²) in [5, 5.41) is 3.83.